The zero-order valence-corrected chi connectivity index (χ0v) is 12.9. The van der Waals surface area contributed by atoms with Gasteiger partial charge in [-0.2, -0.15) is 0 Å². The van der Waals surface area contributed by atoms with Crippen molar-refractivity contribution in [2.24, 2.45) is 0 Å². The number of benzene rings is 1. The number of carbonyl (C=O) groups excluding carboxylic acids is 2. The predicted octanol–water partition coefficient (Wildman–Crippen LogP) is 3.45. The molecule has 1 N–H and O–H groups in total. The summed E-state index contributed by atoms with van der Waals surface area (Å²) < 4.78 is 1.64. The van der Waals surface area contributed by atoms with E-state index in [0.29, 0.717) is 24.2 Å². The van der Waals surface area contributed by atoms with Crippen LogP contribution in [0.4, 0.5) is 0 Å². The maximum Gasteiger partial charge on any atom is 0.252 e. The fourth-order valence-corrected chi connectivity index (χ4v) is 2.81. The van der Waals surface area contributed by atoms with Crippen LogP contribution in [0.15, 0.2) is 27.1 Å². The van der Waals surface area contributed by atoms with Crippen LogP contribution in [0.5, 0.6) is 0 Å². The van der Waals surface area contributed by atoms with Crippen LogP contribution in [0, 0.1) is 0 Å². The molecule has 0 atom stereocenters. The molecule has 1 aliphatic carbocycles. The van der Waals surface area contributed by atoms with Gasteiger partial charge in [-0.05, 0) is 47.0 Å². The number of nitrogens with one attached hydrogen (secondary N) is 1. The monoisotopic (exact) mass is 373 g/mol. The smallest absolute Gasteiger partial charge is 0.252 e. The Morgan fingerprint density at radius 3 is 2.56 bits per heavy atom. The first-order valence-electron chi connectivity index (χ1n) is 5.84. The maximum atomic E-state index is 12.1. The molecule has 1 aliphatic rings. The Labute approximate surface area is 123 Å². The van der Waals surface area contributed by atoms with Gasteiger partial charge in [-0.1, -0.05) is 15.9 Å². The first-order valence-corrected chi connectivity index (χ1v) is 7.42. The Bertz CT molecular complexity index is 478. The molecule has 0 radical (unpaired) electrons. The highest BCUT2D eigenvalue weighted by Gasteiger charge is 2.21. The minimum atomic E-state index is -0.0949. The van der Waals surface area contributed by atoms with Gasteiger partial charge in [0.2, 0.25) is 0 Å². The third kappa shape index (κ3) is 3.42. The molecule has 1 aromatic rings. The minimum absolute atomic E-state index is 0.0949. The van der Waals surface area contributed by atoms with Gasteiger partial charge in [0.25, 0.3) is 5.91 Å². The average Bonchev–Trinajstić information content (AvgIpc) is 2.35. The van der Waals surface area contributed by atoms with Crippen LogP contribution in [0.1, 0.15) is 36.0 Å². The second-order valence-corrected chi connectivity index (χ2v) is 6.18. The molecule has 0 unspecified atom stereocenters. The molecular weight excluding hydrogens is 362 g/mol. The molecule has 96 valence electrons. The van der Waals surface area contributed by atoms with E-state index in [0.717, 1.165) is 21.8 Å². The van der Waals surface area contributed by atoms with Gasteiger partial charge in [-0.15, -0.1) is 0 Å². The van der Waals surface area contributed by atoms with Gasteiger partial charge in [0.1, 0.15) is 5.78 Å². The van der Waals surface area contributed by atoms with E-state index in [9.17, 15) is 9.59 Å². The van der Waals surface area contributed by atoms with Crippen LogP contribution in [0.3, 0.4) is 0 Å². The summed E-state index contributed by atoms with van der Waals surface area (Å²) in [6, 6.07) is 5.61. The van der Waals surface area contributed by atoms with E-state index in [4.69, 9.17) is 0 Å². The topological polar surface area (TPSA) is 46.2 Å². The van der Waals surface area contributed by atoms with Crippen molar-refractivity contribution in [3.63, 3.8) is 0 Å². The van der Waals surface area contributed by atoms with E-state index in [1.54, 1.807) is 6.07 Å². The van der Waals surface area contributed by atoms with Crippen LogP contribution >= 0.6 is 31.9 Å². The van der Waals surface area contributed by atoms with Gasteiger partial charge in [0.15, 0.2) is 0 Å². The van der Waals surface area contributed by atoms with E-state index >= 15 is 0 Å². The first kappa shape index (κ1) is 13.7. The molecule has 0 heterocycles. The van der Waals surface area contributed by atoms with Gasteiger partial charge in [0, 0.05) is 27.8 Å². The van der Waals surface area contributed by atoms with E-state index < -0.39 is 0 Å². The Balaban J connectivity index is 2.03. The second-order valence-electron chi connectivity index (χ2n) is 4.41. The molecule has 18 heavy (non-hydrogen) atoms. The standard InChI is InChI=1S/C13H13Br2NO2/c14-8-1-6-12(15)11(7-8)13(18)16-9-2-4-10(17)5-3-9/h1,6-7,9H,2-5H2,(H,16,18). The summed E-state index contributed by atoms with van der Waals surface area (Å²) in [6.07, 6.45) is 2.64. The van der Waals surface area contributed by atoms with Crippen LogP contribution < -0.4 is 5.32 Å². The van der Waals surface area contributed by atoms with Gasteiger partial charge in [0.05, 0.1) is 5.56 Å². The Morgan fingerprint density at radius 1 is 1.22 bits per heavy atom. The quantitative estimate of drug-likeness (QED) is 0.861. The predicted molar refractivity (Wildman–Crippen MR) is 76.6 cm³/mol. The number of ketones is 1. The summed E-state index contributed by atoms with van der Waals surface area (Å²) in [4.78, 5) is 23.3. The maximum absolute atomic E-state index is 12.1. The average molecular weight is 375 g/mol. The molecule has 0 saturated heterocycles. The summed E-state index contributed by atoms with van der Waals surface area (Å²) >= 11 is 6.72. The van der Waals surface area contributed by atoms with Gasteiger partial charge in [-0.25, -0.2) is 0 Å². The van der Waals surface area contributed by atoms with Crippen molar-refractivity contribution in [2.75, 3.05) is 0 Å². The lowest BCUT2D eigenvalue weighted by molar-refractivity contribution is -0.120. The Hall–Kier alpha value is -0.680. The van der Waals surface area contributed by atoms with E-state index in [1.807, 2.05) is 12.1 Å². The van der Waals surface area contributed by atoms with Gasteiger partial charge >= 0.3 is 0 Å². The lowest BCUT2D eigenvalue weighted by Gasteiger charge is -2.22. The summed E-state index contributed by atoms with van der Waals surface area (Å²) in [5, 5.41) is 2.98. The number of Topliss-reactive ketones (excluding diaryl/α,β-unsaturated/α-hetero) is 1. The Kier molecular flexibility index (Phi) is 4.56. The van der Waals surface area contributed by atoms with Crippen molar-refractivity contribution in [2.45, 2.75) is 31.7 Å². The number of hydrogen-bond donors (Lipinski definition) is 1. The highest BCUT2D eigenvalue weighted by molar-refractivity contribution is 9.11. The van der Waals surface area contributed by atoms with Crippen molar-refractivity contribution >= 4 is 43.6 Å². The summed E-state index contributed by atoms with van der Waals surface area (Å²) in [5.41, 5.74) is 0.612. The zero-order valence-electron chi connectivity index (χ0n) is 9.71. The van der Waals surface area contributed by atoms with Crippen LogP contribution in [0.25, 0.3) is 0 Å². The molecule has 0 aromatic heterocycles. The van der Waals surface area contributed by atoms with E-state index in [-0.39, 0.29) is 11.9 Å². The summed E-state index contributed by atoms with van der Waals surface area (Å²) in [6.45, 7) is 0. The molecule has 0 bridgehead atoms. The number of carbonyl (C=O) groups is 2. The van der Waals surface area contributed by atoms with E-state index in [2.05, 4.69) is 37.2 Å². The lowest BCUT2D eigenvalue weighted by Crippen LogP contribution is -2.37. The van der Waals surface area contributed by atoms with E-state index in [1.165, 1.54) is 0 Å². The third-order valence-electron chi connectivity index (χ3n) is 3.05. The highest BCUT2D eigenvalue weighted by atomic mass is 79.9. The molecule has 3 nitrogen and oxygen atoms in total. The summed E-state index contributed by atoms with van der Waals surface area (Å²) in [7, 11) is 0. The molecular formula is C13H13Br2NO2. The Morgan fingerprint density at radius 2 is 1.89 bits per heavy atom. The lowest BCUT2D eigenvalue weighted by atomic mass is 9.94. The fourth-order valence-electron chi connectivity index (χ4n) is 2.02. The molecule has 1 fully saturated rings. The number of hydrogen-bond acceptors (Lipinski definition) is 2. The number of rotatable bonds is 2. The van der Waals surface area contributed by atoms with Crippen molar-refractivity contribution in [1.29, 1.82) is 0 Å². The van der Waals surface area contributed by atoms with Crippen molar-refractivity contribution in [1.82, 2.24) is 5.32 Å². The number of halogens is 2. The molecule has 1 amide bonds. The van der Waals surface area contributed by atoms with Crippen molar-refractivity contribution in [3.05, 3.63) is 32.7 Å². The van der Waals surface area contributed by atoms with Gasteiger partial charge < -0.3 is 5.32 Å². The summed E-state index contributed by atoms with van der Waals surface area (Å²) in [5.74, 6) is 0.201. The molecule has 2 rings (SSSR count). The largest absolute Gasteiger partial charge is 0.349 e. The van der Waals surface area contributed by atoms with Crippen LogP contribution in [-0.2, 0) is 4.79 Å². The molecule has 5 heteroatoms. The van der Waals surface area contributed by atoms with Crippen LogP contribution in [-0.4, -0.2) is 17.7 Å². The molecule has 0 aliphatic heterocycles. The first-order chi connectivity index (χ1) is 8.56. The SMILES string of the molecule is O=C1CCC(NC(=O)c2cc(Br)ccc2Br)CC1. The molecule has 1 aromatic carbocycles. The van der Waals surface area contributed by atoms with Crippen LogP contribution in [0.2, 0.25) is 0 Å². The molecule has 1 saturated carbocycles. The second kappa shape index (κ2) is 5.97. The number of amides is 1. The third-order valence-corrected chi connectivity index (χ3v) is 4.24. The van der Waals surface area contributed by atoms with Gasteiger partial charge in [-0.3, -0.25) is 9.59 Å². The van der Waals surface area contributed by atoms with Crippen molar-refractivity contribution < 1.29 is 9.59 Å². The minimum Gasteiger partial charge on any atom is -0.349 e. The highest BCUT2D eigenvalue weighted by Crippen LogP contribution is 2.22. The fraction of sp³-hybridized carbons (Fsp3) is 0.385. The normalized spacial score (nSPS) is 16.7. The zero-order chi connectivity index (χ0) is 13.1. The molecule has 0 spiro atoms. The van der Waals surface area contributed by atoms with Crippen molar-refractivity contribution in [3.8, 4) is 0 Å².